The lowest BCUT2D eigenvalue weighted by molar-refractivity contribution is 0.0527. The molecule has 0 saturated carbocycles. The number of alkyl carbamates (subject to hydrolysis) is 1. The Balaban J connectivity index is 1.40. The summed E-state index contributed by atoms with van der Waals surface area (Å²) in [5.41, 5.74) is 2.95. The van der Waals surface area contributed by atoms with Crippen molar-refractivity contribution in [3.63, 3.8) is 0 Å². The van der Waals surface area contributed by atoms with Crippen molar-refractivity contribution < 1.29 is 23.8 Å². The second-order valence-corrected chi connectivity index (χ2v) is 9.48. The maximum Gasteiger partial charge on any atom is 0.407 e. The molecule has 2 aromatic carbocycles. The molecule has 0 saturated heterocycles. The van der Waals surface area contributed by atoms with Crippen LogP contribution in [0.5, 0.6) is 5.75 Å². The van der Waals surface area contributed by atoms with Gasteiger partial charge >= 0.3 is 6.09 Å². The second-order valence-electron chi connectivity index (χ2n) is 9.48. The molecule has 37 heavy (non-hydrogen) atoms. The van der Waals surface area contributed by atoms with Crippen LogP contribution in [-0.4, -0.2) is 71.2 Å². The Morgan fingerprint density at radius 3 is 2.59 bits per heavy atom. The monoisotopic (exact) mass is 508 g/mol. The van der Waals surface area contributed by atoms with Gasteiger partial charge in [-0.3, -0.25) is 9.89 Å². The number of H-pyrrole nitrogens is 2. The van der Waals surface area contributed by atoms with E-state index in [1.807, 2.05) is 24.3 Å². The third-order valence-corrected chi connectivity index (χ3v) is 5.37. The Hall–Kier alpha value is -4.12. The van der Waals surface area contributed by atoms with Crippen LogP contribution >= 0.6 is 0 Å². The molecule has 0 unspecified atom stereocenters. The number of imidazole rings is 1. The average Bonchev–Trinajstić information content (AvgIpc) is 3.45. The zero-order valence-corrected chi connectivity index (χ0v) is 21.4. The molecule has 4 N–H and O–H groups in total. The number of hydrogen-bond donors (Lipinski definition) is 4. The number of benzene rings is 2. The van der Waals surface area contributed by atoms with E-state index in [1.54, 1.807) is 40.0 Å². The van der Waals surface area contributed by atoms with Gasteiger partial charge < -0.3 is 29.8 Å². The largest absolute Gasteiger partial charge is 0.491 e. The fourth-order valence-corrected chi connectivity index (χ4v) is 3.67. The minimum atomic E-state index is -0.549. The highest BCUT2D eigenvalue weighted by atomic mass is 16.6. The molecule has 0 aliphatic rings. The Kier molecular flexibility index (Phi) is 7.92. The van der Waals surface area contributed by atoms with Gasteiger partial charge in [-0.2, -0.15) is 5.10 Å². The van der Waals surface area contributed by atoms with Gasteiger partial charge in [0.25, 0.3) is 5.91 Å². The average molecular weight is 509 g/mol. The first-order chi connectivity index (χ1) is 17.7. The first kappa shape index (κ1) is 26.0. The smallest absolute Gasteiger partial charge is 0.407 e. The van der Waals surface area contributed by atoms with Gasteiger partial charge in [-0.25, -0.2) is 9.78 Å². The molecule has 0 bridgehead atoms. The number of amides is 2. The summed E-state index contributed by atoms with van der Waals surface area (Å²) in [5, 5.41) is 13.7. The van der Waals surface area contributed by atoms with Crippen molar-refractivity contribution in [1.29, 1.82) is 0 Å². The molecule has 0 spiro atoms. The van der Waals surface area contributed by atoms with Gasteiger partial charge in [0.05, 0.1) is 23.2 Å². The molecule has 4 rings (SSSR count). The van der Waals surface area contributed by atoms with Crippen molar-refractivity contribution in [2.45, 2.75) is 32.8 Å². The van der Waals surface area contributed by atoms with Crippen LogP contribution in [0.25, 0.3) is 33.5 Å². The molecule has 0 fully saturated rings. The van der Waals surface area contributed by atoms with Crippen LogP contribution < -0.4 is 15.4 Å². The molecule has 2 heterocycles. The first-order valence-electron chi connectivity index (χ1n) is 12.1. The number of fused-ring (bicyclic) bond motifs is 2. The number of nitrogens with zero attached hydrogens (tertiary/aromatic N) is 2. The highest BCUT2D eigenvalue weighted by molar-refractivity contribution is 6.01. The second kappa shape index (κ2) is 11.3. The van der Waals surface area contributed by atoms with E-state index in [4.69, 9.17) is 14.2 Å². The lowest BCUT2D eigenvalue weighted by Crippen LogP contribution is -2.34. The third-order valence-electron chi connectivity index (χ3n) is 5.37. The summed E-state index contributed by atoms with van der Waals surface area (Å²) >= 11 is 0. The van der Waals surface area contributed by atoms with Gasteiger partial charge in [0.15, 0.2) is 5.82 Å². The van der Waals surface area contributed by atoms with E-state index in [2.05, 4.69) is 30.8 Å². The highest BCUT2D eigenvalue weighted by Gasteiger charge is 2.17. The van der Waals surface area contributed by atoms with Crippen molar-refractivity contribution in [3.05, 3.63) is 42.0 Å². The van der Waals surface area contributed by atoms with Crippen molar-refractivity contribution in [3.8, 4) is 17.3 Å². The Morgan fingerprint density at radius 2 is 1.81 bits per heavy atom. The Bertz CT molecular complexity index is 1390. The van der Waals surface area contributed by atoms with Gasteiger partial charge in [0, 0.05) is 37.2 Å². The van der Waals surface area contributed by atoms with E-state index in [0.717, 1.165) is 21.9 Å². The van der Waals surface area contributed by atoms with E-state index >= 15 is 0 Å². The predicted octanol–water partition coefficient (Wildman–Crippen LogP) is 3.78. The van der Waals surface area contributed by atoms with Crippen LogP contribution in [0.3, 0.4) is 0 Å². The minimum Gasteiger partial charge on any atom is -0.491 e. The van der Waals surface area contributed by atoms with Gasteiger partial charge in [0.1, 0.15) is 23.7 Å². The summed E-state index contributed by atoms with van der Waals surface area (Å²) < 4.78 is 15.9. The lowest BCUT2D eigenvalue weighted by Gasteiger charge is -2.19. The van der Waals surface area contributed by atoms with Crippen LogP contribution in [0.1, 0.15) is 37.6 Å². The van der Waals surface area contributed by atoms with E-state index in [1.165, 1.54) is 0 Å². The maximum absolute atomic E-state index is 12.7. The Labute approximate surface area is 214 Å². The summed E-state index contributed by atoms with van der Waals surface area (Å²) in [6.07, 6.45) is 0.0950. The van der Waals surface area contributed by atoms with Crippen LogP contribution in [0, 0.1) is 0 Å². The molecule has 0 atom stereocenters. The fourth-order valence-electron chi connectivity index (χ4n) is 3.67. The normalized spacial score (nSPS) is 11.6. The number of methoxy groups -OCH3 is 1. The van der Waals surface area contributed by atoms with Gasteiger partial charge in [-0.15, -0.1) is 0 Å². The third kappa shape index (κ3) is 6.76. The molecule has 2 aromatic heterocycles. The van der Waals surface area contributed by atoms with Crippen LogP contribution in [0.4, 0.5) is 4.79 Å². The summed E-state index contributed by atoms with van der Waals surface area (Å²) in [6.45, 7) is 7.18. The van der Waals surface area contributed by atoms with E-state index in [9.17, 15) is 9.59 Å². The first-order valence-corrected chi connectivity index (χ1v) is 12.1. The maximum atomic E-state index is 12.7. The van der Waals surface area contributed by atoms with Crippen LogP contribution in [0.2, 0.25) is 0 Å². The van der Waals surface area contributed by atoms with Gasteiger partial charge in [0.2, 0.25) is 0 Å². The van der Waals surface area contributed by atoms with Crippen LogP contribution in [0.15, 0.2) is 36.4 Å². The minimum absolute atomic E-state index is 0.214. The van der Waals surface area contributed by atoms with Gasteiger partial charge in [-0.1, -0.05) is 0 Å². The zero-order valence-electron chi connectivity index (χ0n) is 21.4. The molecular weight excluding hydrogens is 476 g/mol. The molecule has 11 heteroatoms. The summed E-state index contributed by atoms with van der Waals surface area (Å²) in [4.78, 5) is 32.4. The molecule has 0 aliphatic heterocycles. The Morgan fingerprint density at radius 1 is 1.00 bits per heavy atom. The van der Waals surface area contributed by atoms with Crippen molar-refractivity contribution in [1.82, 2.24) is 30.8 Å². The van der Waals surface area contributed by atoms with Crippen molar-refractivity contribution >= 4 is 33.9 Å². The quantitative estimate of drug-likeness (QED) is 0.239. The number of hydrogen-bond acceptors (Lipinski definition) is 7. The number of ether oxygens (including phenoxy) is 3. The summed E-state index contributed by atoms with van der Waals surface area (Å²) in [5.74, 6) is 1.08. The predicted molar refractivity (Wildman–Crippen MR) is 140 cm³/mol. The van der Waals surface area contributed by atoms with E-state index in [-0.39, 0.29) is 5.91 Å². The van der Waals surface area contributed by atoms with E-state index in [0.29, 0.717) is 55.6 Å². The van der Waals surface area contributed by atoms with E-state index < -0.39 is 11.7 Å². The molecule has 196 valence electrons. The number of rotatable bonds is 10. The van der Waals surface area contributed by atoms with Crippen molar-refractivity contribution in [2.24, 2.45) is 0 Å². The number of aromatic nitrogens is 4. The SMILES string of the molecule is COCCOc1ccc2nc(-c3n[nH]c4ccc(C(=O)NCCCNC(=O)OC(C)(C)C)cc34)[nH]c2c1. The number of nitrogens with one attached hydrogen (secondary N) is 4. The lowest BCUT2D eigenvalue weighted by atomic mass is 10.1. The standard InChI is InChI=1S/C26H32N6O5/c1-26(2,3)37-25(34)28-11-5-10-27-24(33)16-6-8-19-18(14-16)22(32-31-19)23-29-20-9-7-17(15-21(20)30-23)36-13-12-35-4/h6-9,14-15H,5,10-13H2,1-4H3,(H,27,33)(H,28,34)(H,29,30)(H,31,32). The summed E-state index contributed by atoms with van der Waals surface area (Å²) in [6, 6.07) is 11.0. The highest BCUT2D eigenvalue weighted by Crippen LogP contribution is 2.28. The number of carbonyl (C=O) groups is 2. The molecule has 2 amide bonds. The molecule has 11 nitrogen and oxygen atoms in total. The topological polar surface area (TPSA) is 143 Å². The summed E-state index contributed by atoms with van der Waals surface area (Å²) in [7, 11) is 1.63. The molecule has 0 aliphatic carbocycles. The molecular formula is C26H32N6O5. The van der Waals surface area contributed by atoms with Crippen LogP contribution in [-0.2, 0) is 9.47 Å². The zero-order chi connectivity index (χ0) is 26.4. The van der Waals surface area contributed by atoms with Crippen molar-refractivity contribution in [2.75, 3.05) is 33.4 Å². The molecule has 4 aromatic rings. The van der Waals surface area contributed by atoms with Gasteiger partial charge in [-0.05, 0) is 57.5 Å². The molecule has 0 radical (unpaired) electrons. The number of aromatic amines is 2. The fraction of sp³-hybridized carbons (Fsp3) is 0.385. The number of carbonyl (C=O) groups excluding carboxylic acids is 2.